The van der Waals surface area contributed by atoms with Crippen LogP contribution in [0.25, 0.3) is 0 Å². The van der Waals surface area contributed by atoms with E-state index < -0.39 is 11.7 Å². The van der Waals surface area contributed by atoms with Crippen LogP contribution in [0.2, 0.25) is 5.02 Å². The van der Waals surface area contributed by atoms with E-state index in [2.05, 4.69) is 15.9 Å². The van der Waals surface area contributed by atoms with Crippen molar-refractivity contribution in [3.05, 3.63) is 68.7 Å². The molecule has 0 unspecified atom stereocenters. The first kappa shape index (κ1) is 14.4. The van der Waals surface area contributed by atoms with E-state index in [9.17, 15) is 13.2 Å². The van der Waals surface area contributed by atoms with Crippen LogP contribution in [0.1, 0.15) is 16.7 Å². The summed E-state index contributed by atoms with van der Waals surface area (Å²) in [4.78, 5) is 0. The molecular weight excluding hydrogens is 341 g/mol. The lowest BCUT2D eigenvalue weighted by Gasteiger charge is -2.08. The number of hydrogen-bond donors (Lipinski definition) is 0. The summed E-state index contributed by atoms with van der Waals surface area (Å²) in [6.45, 7) is 0. The molecule has 100 valence electrons. The minimum absolute atomic E-state index is 0.551. The summed E-state index contributed by atoms with van der Waals surface area (Å²) in [6.07, 6.45) is -3.74. The summed E-state index contributed by atoms with van der Waals surface area (Å²) < 4.78 is 38.1. The van der Waals surface area contributed by atoms with Crippen molar-refractivity contribution in [2.45, 2.75) is 12.6 Å². The van der Waals surface area contributed by atoms with Crippen molar-refractivity contribution >= 4 is 27.5 Å². The topological polar surface area (TPSA) is 0 Å². The number of benzene rings is 2. The molecule has 0 aliphatic rings. The van der Waals surface area contributed by atoms with Gasteiger partial charge in [-0.2, -0.15) is 13.2 Å². The Kier molecular flexibility index (Phi) is 4.21. The lowest BCUT2D eigenvalue weighted by atomic mass is 10.0. The standard InChI is InChI=1S/C14H9BrClF3/c15-13-8-12(16)6-3-10(13)7-9-1-4-11(5-2-9)14(17,18)19/h1-6,8H,7H2. The van der Waals surface area contributed by atoms with Crippen LogP contribution in [0.3, 0.4) is 0 Å². The third kappa shape index (κ3) is 3.74. The second-order valence-electron chi connectivity index (χ2n) is 4.11. The molecule has 0 radical (unpaired) electrons. The number of hydrogen-bond acceptors (Lipinski definition) is 0. The molecule has 2 rings (SSSR count). The van der Waals surface area contributed by atoms with E-state index >= 15 is 0 Å². The third-order valence-corrected chi connectivity index (χ3v) is 3.66. The van der Waals surface area contributed by atoms with Crippen LogP contribution in [0.4, 0.5) is 13.2 Å². The highest BCUT2D eigenvalue weighted by molar-refractivity contribution is 9.10. The van der Waals surface area contributed by atoms with Crippen LogP contribution in [0.5, 0.6) is 0 Å². The Morgan fingerprint density at radius 1 is 1.00 bits per heavy atom. The van der Waals surface area contributed by atoms with E-state index in [1.54, 1.807) is 12.1 Å². The first-order valence-corrected chi connectivity index (χ1v) is 6.63. The van der Waals surface area contributed by atoms with Crippen molar-refractivity contribution in [1.29, 1.82) is 0 Å². The van der Waals surface area contributed by atoms with Gasteiger partial charge >= 0.3 is 6.18 Å². The molecule has 0 spiro atoms. The van der Waals surface area contributed by atoms with Crippen molar-refractivity contribution < 1.29 is 13.2 Å². The van der Waals surface area contributed by atoms with E-state index in [1.807, 2.05) is 6.07 Å². The second-order valence-corrected chi connectivity index (χ2v) is 5.40. The van der Waals surface area contributed by atoms with Gasteiger partial charge in [0.15, 0.2) is 0 Å². The van der Waals surface area contributed by atoms with Crippen molar-refractivity contribution in [1.82, 2.24) is 0 Å². The average molecular weight is 350 g/mol. The summed E-state index contributed by atoms with van der Waals surface area (Å²) >= 11 is 9.22. The zero-order chi connectivity index (χ0) is 14.0. The molecule has 0 saturated carbocycles. The maximum atomic E-state index is 12.4. The molecule has 0 heterocycles. The first-order chi connectivity index (χ1) is 8.86. The van der Waals surface area contributed by atoms with Gasteiger partial charge in [0.25, 0.3) is 0 Å². The Bertz CT molecular complexity index is 576. The second kappa shape index (κ2) is 5.55. The molecule has 0 saturated heterocycles. The van der Waals surface area contributed by atoms with Gasteiger partial charge < -0.3 is 0 Å². The van der Waals surface area contributed by atoms with Crippen LogP contribution in [0, 0.1) is 0 Å². The summed E-state index contributed by atoms with van der Waals surface area (Å²) in [5, 5.41) is 0.614. The predicted molar refractivity (Wildman–Crippen MR) is 73.4 cm³/mol. The summed E-state index contributed by atoms with van der Waals surface area (Å²) in [7, 11) is 0. The SMILES string of the molecule is FC(F)(F)c1ccc(Cc2ccc(Cl)cc2Br)cc1. The van der Waals surface area contributed by atoms with E-state index in [4.69, 9.17) is 11.6 Å². The Hall–Kier alpha value is -1.000. The van der Waals surface area contributed by atoms with E-state index in [0.717, 1.165) is 27.7 Å². The molecule has 0 fully saturated rings. The van der Waals surface area contributed by atoms with Crippen LogP contribution in [0.15, 0.2) is 46.9 Å². The van der Waals surface area contributed by atoms with Gasteiger partial charge in [0.05, 0.1) is 5.56 Å². The molecule has 0 aliphatic heterocycles. The molecule has 0 bridgehead atoms. The zero-order valence-corrected chi connectivity index (χ0v) is 12.0. The minimum atomic E-state index is -4.29. The quantitative estimate of drug-likeness (QED) is 0.651. The van der Waals surface area contributed by atoms with Crippen molar-refractivity contribution in [2.75, 3.05) is 0 Å². The largest absolute Gasteiger partial charge is 0.416 e. The van der Waals surface area contributed by atoms with Crippen LogP contribution in [-0.2, 0) is 12.6 Å². The van der Waals surface area contributed by atoms with Crippen molar-refractivity contribution in [2.24, 2.45) is 0 Å². The summed E-state index contributed by atoms with van der Waals surface area (Å²) in [6, 6.07) is 10.5. The van der Waals surface area contributed by atoms with Crippen LogP contribution >= 0.6 is 27.5 Å². The van der Waals surface area contributed by atoms with E-state index in [-0.39, 0.29) is 0 Å². The molecule has 0 amide bonds. The predicted octanol–water partition coefficient (Wildman–Crippen LogP) is 5.71. The Balaban J connectivity index is 2.20. The van der Waals surface area contributed by atoms with Crippen LogP contribution in [-0.4, -0.2) is 0 Å². The van der Waals surface area contributed by atoms with Gasteiger partial charge in [-0.1, -0.05) is 45.7 Å². The molecule has 0 aliphatic carbocycles. The number of rotatable bonds is 2. The molecule has 0 atom stereocenters. The highest BCUT2D eigenvalue weighted by atomic mass is 79.9. The summed E-state index contributed by atoms with van der Waals surface area (Å²) in [5.41, 5.74) is 1.16. The smallest absolute Gasteiger partial charge is 0.166 e. The van der Waals surface area contributed by atoms with Gasteiger partial charge in [-0.25, -0.2) is 0 Å². The number of alkyl halides is 3. The van der Waals surface area contributed by atoms with E-state index in [0.29, 0.717) is 11.4 Å². The van der Waals surface area contributed by atoms with Gasteiger partial charge in [-0.3, -0.25) is 0 Å². The fraction of sp³-hybridized carbons (Fsp3) is 0.143. The van der Waals surface area contributed by atoms with Gasteiger partial charge in [-0.15, -0.1) is 0 Å². The maximum absolute atomic E-state index is 12.4. The highest BCUT2D eigenvalue weighted by Gasteiger charge is 2.29. The lowest BCUT2D eigenvalue weighted by molar-refractivity contribution is -0.137. The molecular formula is C14H9BrClF3. The molecule has 5 heteroatoms. The Labute approximate surface area is 122 Å². The Morgan fingerprint density at radius 3 is 2.16 bits per heavy atom. The molecule has 0 aromatic heterocycles. The van der Waals surface area contributed by atoms with Crippen molar-refractivity contribution in [3.8, 4) is 0 Å². The monoisotopic (exact) mass is 348 g/mol. The fourth-order valence-electron chi connectivity index (χ4n) is 1.70. The number of halogens is 5. The lowest BCUT2D eigenvalue weighted by Crippen LogP contribution is -2.04. The fourth-order valence-corrected chi connectivity index (χ4v) is 2.52. The third-order valence-electron chi connectivity index (χ3n) is 2.69. The van der Waals surface area contributed by atoms with Gasteiger partial charge in [0, 0.05) is 9.50 Å². The van der Waals surface area contributed by atoms with Gasteiger partial charge in [-0.05, 0) is 41.8 Å². The van der Waals surface area contributed by atoms with Crippen molar-refractivity contribution in [3.63, 3.8) is 0 Å². The molecule has 19 heavy (non-hydrogen) atoms. The maximum Gasteiger partial charge on any atom is 0.416 e. The molecule has 2 aromatic rings. The molecule has 0 nitrogen and oxygen atoms in total. The Morgan fingerprint density at radius 2 is 1.63 bits per heavy atom. The normalized spacial score (nSPS) is 11.6. The van der Waals surface area contributed by atoms with Gasteiger partial charge in [0.1, 0.15) is 0 Å². The molecule has 0 N–H and O–H groups in total. The van der Waals surface area contributed by atoms with E-state index in [1.165, 1.54) is 12.1 Å². The molecule has 2 aromatic carbocycles. The summed E-state index contributed by atoms with van der Waals surface area (Å²) in [5.74, 6) is 0. The minimum Gasteiger partial charge on any atom is -0.166 e. The highest BCUT2D eigenvalue weighted by Crippen LogP contribution is 2.30. The van der Waals surface area contributed by atoms with Crippen LogP contribution < -0.4 is 0 Å². The first-order valence-electron chi connectivity index (χ1n) is 5.46. The van der Waals surface area contributed by atoms with Gasteiger partial charge in [0.2, 0.25) is 0 Å². The zero-order valence-electron chi connectivity index (χ0n) is 9.64. The average Bonchev–Trinajstić information content (AvgIpc) is 2.32.